The zero-order valence-electron chi connectivity index (χ0n) is 41.8. The summed E-state index contributed by atoms with van der Waals surface area (Å²) in [6.07, 6.45) is -2.10. The summed E-state index contributed by atoms with van der Waals surface area (Å²) in [7, 11) is 2.05. The lowest BCUT2D eigenvalue weighted by Crippen LogP contribution is -2.38. The van der Waals surface area contributed by atoms with Gasteiger partial charge in [-0.2, -0.15) is 36.5 Å². The third-order valence-corrected chi connectivity index (χ3v) is 14.4. The van der Waals surface area contributed by atoms with E-state index in [1.807, 2.05) is 0 Å². The van der Waals surface area contributed by atoms with Crippen molar-refractivity contribution in [2.45, 2.75) is 83.5 Å². The van der Waals surface area contributed by atoms with E-state index >= 15 is 0 Å². The van der Waals surface area contributed by atoms with E-state index in [2.05, 4.69) is 70.4 Å². The number of carbonyl (C=O) groups excluding carboxylic acids is 2. The number of nitrogens with one attached hydrogen (secondary N) is 3. The zero-order chi connectivity index (χ0) is 54.6. The molecule has 17 nitrogen and oxygen atoms in total. The van der Waals surface area contributed by atoms with Gasteiger partial charge in [-0.3, -0.25) is 28.9 Å². The molecule has 10 rings (SSSR count). The predicted molar refractivity (Wildman–Crippen MR) is 271 cm³/mol. The molecule has 2 atom stereocenters. The molecular weight excluding hydrogens is 1020 g/mol. The number of H-pyrrole nitrogens is 1. The van der Waals surface area contributed by atoms with E-state index in [9.17, 15) is 44.7 Å². The average Bonchev–Trinajstić information content (AvgIpc) is 4.25. The van der Waals surface area contributed by atoms with E-state index in [1.165, 1.54) is 52.2 Å². The van der Waals surface area contributed by atoms with Crippen molar-refractivity contribution in [3.8, 4) is 22.8 Å². The maximum absolute atomic E-state index is 13.9. The van der Waals surface area contributed by atoms with Gasteiger partial charge in [0.1, 0.15) is 52.2 Å². The Balaban J connectivity index is 0.000000190. The first-order valence-corrected chi connectivity index (χ1v) is 27.3. The van der Waals surface area contributed by atoms with Crippen molar-refractivity contribution in [1.29, 1.82) is 0 Å². The van der Waals surface area contributed by atoms with Crippen molar-refractivity contribution in [2.75, 3.05) is 6.61 Å². The number of aromatic nitrogens is 10. The molecule has 26 heteroatoms. The molecule has 0 bridgehead atoms. The number of alkyl halides is 6. The first kappa shape index (κ1) is 52.8. The molecule has 0 unspecified atom stereocenters. The Morgan fingerprint density at radius 3 is 1.74 bits per heavy atom. The van der Waals surface area contributed by atoms with Crippen LogP contribution in [0.3, 0.4) is 0 Å². The molecule has 0 saturated carbocycles. The molecule has 2 aliphatic rings. The van der Waals surface area contributed by atoms with Crippen molar-refractivity contribution in [1.82, 2.24) is 59.7 Å². The van der Waals surface area contributed by atoms with Crippen molar-refractivity contribution in [3.63, 3.8) is 0 Å². The number of nitrogens with zero attached hydrogens (tertiary/aromatic N) is 11. The first-order chi connectivity index (χ1) is 35.8. The fourth-order valence-electron chi connectivity index (χ4n) is 8.48. The van der Waals surface area contributed by atoms with E-state index in [4.69, 9.17) is 9.72 Å². The summed E-state index contributed by atoms with van der Waals surface area (Å²) in [5.41, 5.74) is 3.36. The van der Waals surface area contributed by atoms with Crippen molar-refractivity contribution in [3.05, 3.63) is 107 Å². The molecule has 0 radical (unpaired) electrons. The van der Waals surface area contributed by atoms with Gasteiger partial charge in [-0.25, -0.2) is 28.7 Å². The number of carbonyl (C=O) groups is 2. The highest BCUT2D eigenvalue weighted by molar-refractivity contribution is 6.76. The summed E-state index contributed by atoms with van der Waals surface area (Å²) >= 11 is 0. The van der Waals surface area contributed by atoms with Gasteiger partial charge >= 0.3 is 12.4 Å². The Morgan fingerprint density at radius 2 is 1.24 bits per heavy atom. The van der Waals surface area contributed by atoms with E-state index in [0.29, 0.717) is 62.5 Å². The summed E-state index contributed by atoms with van der Waals surface area (Å²) < 4.78 is 116. The lowest BCUT2D eigenvalue weighted by molar-refractivity contribution is -0.0931. The minimum Gasteiger partial charge on any atom is -0.361 e. The van der Waals surface area contributed by atoms with Gasteiger partial charge < -0.3 is 24.9 Å². The lowest BCUT2D eigenvalue weighted by Gasteiger charge is -2.15. The molecule has 3 N–H and O–H groups in total. The monoisotopic (exact) mass is 1070 g/mol. The van der Waals surface area contributed by atoms with Crippen LogP contribution >= 0.6 is 0 Å². The van der Waals surface area contributed by atoms with Crippen molar-refractivity contribution in [2.24, 2.45) is 24.1 Å². The van der Waals surface area contributed by atoms with Gasteiger partial charge in [0.2, 0.25) is 0 Å². The molecular formula is C50H48F8N14O3Si. The molecule has 0 fully saturated rings. The van der Waals surface area contributed by atoms with Crippen molar-refractivity contribution < 1.29 is 49.4 Å². The molecule has 8 aromatic rings. The van der Waals surface area contributed by atoms with Gasteiger partial charge in [0, 0.05) is 88.6 Å². The number of aromatic amines is 1. The second-order valence-electron chi connectivity index (χ2n) is 19.5. The Labute approximate surface area is 427 Å². The van der Waals surface area contributed by atoms with Crippen LogP contribution in [-0.2, 0) is 25.6 Å². The Morgan fingerprint density at radius 1 is 0.737 bits per heavy atom. The summed E-state index contributed by atoms with van der Waals surface area (Å²) in [5, 5.41) is 15.7. The molecule has 76 heavy (non-hydrogen) atoms. The molecule has 6 aromatic heterocycles. The van der Waals surface area contributed by atoms with Crippen LogP contribution in [-0.4, -0.2) is 111 Å². The van der Waals surface area contributed by atoms with Crippen LogP contribution < -0.4 is 10.6 Å². The number of hydrogen-bond donors (Lipinski definition) is 3. The van der Waals surface area contributed by atoms with E-state index < -0.39 is 73.5 Å². The maximum Gasteiger partial charge on any atom is 0.414 e. The van der Waals surface area contributed by atoms with E-state index in [0.717, 1.165) is 18.4 Å². The average molecular weight is 1070 g/mol. The first-order valence-electron chi connectivity index (χ1n) is 23.6. The summed E-state index contributed by atoms with van der Waals surface area (Å²) in [4.78, 5) is 55.2. The van der Waals surface area contributed by atoms with Crippen LogP contribution in [0.1, 0.15) is 47.4 Å². The van der Waals surface area contributed by atoms with Gasteiger partial charge in [-0.05, 0) is 56.3 Å². The van der Waals surface area contributed by atoms with Crippen molar-refractivity contribution >= 4 is 75.4 Å². The largest absolute Gasteiger partial charge is 0.414 e. The van der Waals surface area contributed by atoms with Gasteiger partial charge in [0.15, 0.2) is 11.3 Å². The molecule has 2 aromatic carbocycles. The zero-order valence-corrected chi connectivity index (χ0v) is 42.8. The second-order valence-corrected chi connectivity index (χ2v) is 25.1. The van der Waals surface area contributed by atoms with Crippen LogP contribution in [0.25, 0.3) is 66.9 Å². The number of rotatable bonds is 13. The van der Waals surface area contributed by atoms with Crippen LogP contribution in [0, 0.1) is 11.6 Å². The molecule has 396 valence electrons. The third-order valence-electron chi connectivity index (χ3n) is 12.7. The summed E-state index contributed by atoms with van der Waals surface area (Å²) in [6, 6.07) is 8.06. The SMILES string of the molecule is C[C@H](NC(=O)c1c[nH]c2ncc(-c3nn(C)c4cc(F)ccc34)nc12)C1=NC=C(C(F)(F)F)C1.C[C@H](NC(=O)c1cn(COCC[Si](C)(C)C)c2ncc(-c3nn(C)c4cc(F)ccc34)nc12)C1=NC=C(C(F)(F)F)C1. The number of aliphatic imine (C=N–C) groups is 2. The molecule has 0 spiro atoms. The normalized spacial score (nSPS) is 14.9. The molecule has 8 heterocycles. The lowest BCUT2D eigenvalue weighted by atomic mass is 10.1. The Kier molecular flexibility index (Phi) is 14.1. The number of fused-ring (bicyclic) bond motifs is 4. The van der Waals surface area contributed by atoms with Crippen LogP contribution in [0.15, 0.2) is 94.7 Å². The van der Waals surface area contributed by atoms with Crippen LogP contribution in [0.2, 0.25) is 25.7 Å². The van der Waals surface area contributed by atoms with Gasteiger partial charge in [-0.1, -0.05) is 19.6 Å². The molecule has 2 amide bonds. The number of ether oxygens (including phenoxy) is 1. The van der Waals surface area contributed by atoms with Gasteiger partial charge in [0.05, 0.1) is 57.8 Å². The Bertz CT molecular complexity index is 3730. The molecule has 0 aliphatic carbocycles. The maximum atomic E-state index is 13.9. The number of hydrogen-bond acceptors (Lipinski definition) is 11. The fourth-order valence-corrected chi connectivity index (χ4v) is 9.23. The predicted octanol–water partition coefficient (Wildman–Crippen LogP) is 9.91. The molecule has 2 aliphatic heterocycles. The third kappa shape index (κ3) is 11.0. The summed E-state index contributed by atoms with van der Waals surface area (Å²) in [5.74, 6) is -1.88. The van der Waals surface area contributed by atoms with Crippen LogP contribution in [0.5, 0.6) is 0 Å². The van der Waals surface area contributed by atoms with Gasteiger partial charge in [0.25, 0.3) is 11.8 Å². The minimum absolute atomic E-state index is 0.134. The Hall–Kier alpha value is -8.00. The van der Waals surface area contributed by atoms with E-state index in [1.54, 1.807) is 50.8 Å². The van der Waals surface area contributed by atoms with Crippen LogP contribution in [0.4, 0.5) is 35.1 Å². The number of aryl methyl sites for hydroxylation is 2. The molecule has 0 saturated heterocycles. The highest BCUT2D eigenvalue weighted by Crippen LogP contribution is 2.35. The van der Waals surface area contributed by atoms with Gasteiger partial charge in [-0.15, -0.1) is 0 Å². The number of allylic oxidation sites excluding steroid dienone is 2. The smallest absolute Gasteiger partial charge is 0.361 e. The van der Waals surface area contributed by atoms with E-state index in [-0.39, 0.29) is 46.7 Å². The standard InChI is InChI=1S/C28H31F4N7O2Si.C22H17F4N7O/c1-16(21-10-17(12-33-21)28(30,31)32)35-27(40)20-14-39(15-41-8-9-42(3,4)5)26-25(20)36-22(13-34-26)24-19-7-6-18(29)11-23(19)38(2)37-24;1-10(15-5-11(7-27-15)22(24,25)26)30-21(34)14-8-28-20-19(14)31-16(9-29-20)18-13-4-3-12(23)6-17(13)33(2)32-18/h6-7,11-14,16H,8-10,15H2,1-5H3,(H,35,40);3-4,6-10H,5H2,1-2H3,(H,28,29)(H,30,34)/t16-;10-/m00/s1. The number of halogens is 8. The number of amides is 2. The summed E-state index contributed by atoms with van der Waals surface area (Å²) in [6.45, 7) is 10.6. The highest BCUT2D eigenvalue weighted by atomic mass is 28.3. The minimum atomic E-state index is -4.48. The topological polar surface area (TPSA) is 200 Å². The number of benzene rings is 2. The quantitative estimate of drug-likeness (QED) is 0.0571. The highest BCUT2D eigenvalue weighted by Gasteiger charge is 2.39. The second kappa shape index (κ2) is 20.3. The fraction of sp³-hybridized carbons (Fsp3) is 0.320.